The Labute approximate surface area is 158 Å². The number of aryl methyl sites for hydroxylation is 1. The number of hydrogen-bond acceptors (Lipinski definition) is 4. The highest BCUT2D eigenvalue weighted by Crippen LogP contribution is 2.09. The van der Waals surface area contributed by atoms with E-state index in [9.17, 15) is 14.4 Å². The van der Waals surface area contributed by atoms with Crippen LogP contribution in [0.25, 0.3) is 6.08 Å². The van der Waals surface area contributed by atoms with Gasteiger partial charge in [0.1, 0.15) is 0 Å². The van der Waals surface area contributed by atoms with Crippen LogP contribution in [0.4, 0.5) is 5.69 Å². The number of likely N-dealkylation sites (N-methyl/N-ethyl adjacent to an activating group) is 1. The molecule has 6 nitrogen and oxygen atoms in total. The maximum Gasteiger partial charge on any atom is 0.337 e. The minimum Gasteiger partial charge on any atom is -0.465 e. The number of carbonyl (C=O) groups is 3. The van der Waals surface area contributed by atoms with Crippen LogP contribution >= 0.6 is 0 Å². The van der Waals surface area contributed by atoms with Gasteiger partial charge in [-0.1, -0.05) is 29.8 Å². The molecule has 0 aromatic heterocycles. The lowest BCUT2D eigenvalue weighted by Crippen LogP contribution is -2.33. The van der Waals surface area contributed by atoms with Gasteiger partial charge >= 0.3 is 5.97 Å². The molecular weight excluding hydrogens is 344 g/mol. The molecule has 0 spiro atoms. The number of ether oxygens (including phenoxy) is 1. The molecule has 0 atom stereocenters. The fourth-order valence-corrected chi connectivity index (χ4v) is 2.27. The summed E-state index contributed by atoms with van der Waals surface area (Å²) in [6.45, 7) is 1.91. The van der Waals surface area contributed by atoms with Gasteiger partial charge in [-0.25, -0.2) is 4.79 Å². The predicted octanol–water partition coefficient (Wildman–Crippen LogP) is 2.89. The summed E-state index contributed by atoms with van der Waals surface area (Å²) in [5.74, 6) is -0.988. The minimum atomic E-state index is -0.416. The van der Waals surface area contributed by atoms with E-state index in [4.69, 9.17) is 0 Å². The Balaban J connectivity index is 1.88. The summed E-state index contributed by atoms with van der Waals surface area (Å²) in [5.41, 5.74) is 2.98. The topological polar surface area (TPSA) is 75.7 Å². The standard InChI is InChI=1S/C21H22N2O4/c1-15-4-11-18(12-5-15)22-19(24)14-23(2)20(25)13-8-16-6-9-17(10-7-16)21(26)27-3/h4-13H,14H2,1-3H3,(H,22,24)/b13-8+. The van der Waals surface area contributed by atoms with Crippen molar-refractivity contribution in [3.8, 4) is 0 Å². The van der Waals surface area contributed by atoms with Crippen LogP contribution < -0.4 is 5.32 Å². The van der Waals surface area contributed by atoms with E-state index < -0.39 is 5.97 Å². The average molecular weight is 366 g/mol. The molecule has 2 aromatic rings. The zero-order chi connectivity index (χ0) is 19.8. The number of hydrogen-bond donors (Lipinski definition) is 1. The van der Waals surface area contributed by atoms with E-state index in [-0.39, 0.29) is 18.4 Å². The molecule has 27 heavy (non-hydrogen) atoms. The fourth-order valence-electron chi connectivity index (χ4n) is 2.27. The third-order valence-electron chi connectivity index (χ3n) is 3.84. The van der Waals surface area contributed by atoms with E-state index in [1.807, 2.05) is 31.2 Å². The first-order valence-corrected chi connectivity index (χ1v) is 8.37. The molecule has 6 heteroatoms. The highest BCUT2D eigenvalue weighted by atomic mass is 16.5. The SMILES string of the molecule is COC(=O)c1ccc(/C=C/C(=O)N(C)CC(=O)Nc2ccc(C)cc2)cc1. The van der Waals surface area contributed by atoms with E-state index in [1.165, 1.54) is 18.1 Å². The Morgan fingerprint density at radius 2 is 1.67 bits per heavy atom. The quantitative estimate of drug-likeness (QED) is 0.630. The van der Waals surface area contributed by atoms with Gasteiger partial charge in [0, 0.05) is 18.8 Å². The van der Waals surface area contributed by atoms with Crippen molar-refractivity contribution in [2.45, 2.75) is 6.92 Å². The third kappa shape index (κ3) is 6.11. The van der Waals surface area contributed by atoms with E-state index in [0.29, 0.717) is 11.3 Å². The largest absolute Gasteiger partial charge is 0.465 e. The molecule has 0 heterocycles. The summed E-state index contributed by atoms with van der Waals surface area (Å²) in [6.07, 6.45) is 3.00. The second-order valence-electron chi connectivity index (χ2n) is 6.06. The minimum absolute atomic E-state index is 0.0572. The monoisotopic (exact) mass is 366 g/mol. The first-order valence-electron chi connectivity index (χ1n) is 8.37. The van der Waals surface area contributed by atoms with Gasteiger partial charge in [0.2, 0.25) is 11.8 Å². The highest BCUT2D eigenvalue weighted by Gasteiger charge is 2.11. The molecule has 0 unspecified atom stereocenters. The molecule has 2 rings (SSSR count). The first kappa shape index (κ1) is 19.9. The van der Waals surface area contributed by atoms with Crippen LogP contribution in [-0.4, -0.2) is 43.4 Å². The number of amides is 2. The van der Waals surface area contributed by atoms with Gasteiger partial charge in [-0.3, -0.25) is 9.59 Å². The molecule has 2 amide bonds. The summed E-state index contributed by atoms with van der Waals surface area (Å²) in [6, 6.07) is 14.1. The Morgan fingerprint density at radius 3 is 2.26 bits per heavy atom. The number of benzene rings is 2. The highest BCUT2D eigenvalue weighted by molar-refractivity contribution is 5.98. The third-order valence-corrected chi connectivity index (χ3v) is 3.84. The van der Waals surface area contributed by atoms with Crippen LogP contribution in [-0.2, 0) is 14.3 Å². The number of carbonyl (C=O) groups excluding carboxylic acids is 3. The van der Waals surface area contributed by atoms with E-state index in [1.54, 1.807) is 37.4 Å². The molecule has 0 fully saturated rings. The van der Waals surface area contributed by atoms with Crippen molar-refractivity contribution in [1.82, 2.24) is 4.90 Å². The average Bonchev–Trinajstić information content (AvgIpc) is 2.67. The number of anilines is 1. The lowest BCUT2D eigenvalue weighted by Gasteiger charge is -2.15. The van der Waals surface area contributed by atoms with Gasteiger partial charge in [-0.05, 0) is 42.8 Å². The van der Waals surface area contributed by atoms with Crippen LogP contribution in [0.5, 0.6) is 0 Å². The number of nitrogens with zero attached hydrogens (tertiary/aromatic N) is 1. The molecule has 140 valence electrons. The Hall–Kier alpha value is -3.41. The van der Waals surface area contributed by atoms with Crippen LogP contribution in [0.2, 0.25) is 0 Å². The molecular formula is C21H22N2O4. The molecule has 0 saturated heterocycles. The summed E-state index contributed by atoms with van der Waals surface area (Å²) in [5, 5.41) is 2.75. The second kappa shape index (κ2) is 9.33. The van der Waals surface area contributed by atoms with Crippen molar-refractivity contribution in [3.05, 3.63) is 71.3 Å². The molecule has 0 radical (unpaired) electrons. The maximum absolute atomic E-state index is 12.2. The van der Waals surface area contributed by atoms with Crippen LogP contribution in [0.15, 0.2) is 54.6 Å². The van der Waals surface area contributed by atoms with Gasteiger partial charge < -0.3 is 15.0 Å². The van der Waals surface area contributed by atoms with Crippen molar-refractivity contribution in [1.29, 1.82) is 0 Å². The van der Waals surface area contributed by atoms with Crippen LogP contribution in [0, 0.1) is 6.92 Å². The number of rotatable bonds is 6. The molecule has 0 bridgehead atoms. The van der Waals surface area contributed by atoms with E-state index >= 15 is 0 Å². The van der Waals surface area contributed by atoms with Crippen molar-refractivity contribution in [2.24, 2.45) is 0 Å². The van der Waals surface area contributed by atoms with Crippen molar-refractivity contribution in [3.63, 3.8) is 0 Å². The summed E-state index contributed by atoms with van der Waals surface area (Å²) >= 11 is 0. The fraction of sp³-hybridized carbons (Fsp3) is 0.190. The predicted molar refractivity (Wildman–Crippen MR) is 104 cm³/mol. The van der Waals surface area contributed by atoms with Crippen molar-refractivity contribution >= 4 is 29.5 Å². The maximum atomic E-state index is 12.2. The first-order chi connectivity index (χ1) is 12.9. The second-order valence-corrected chi connectivity index (χ2v) is 6.06. The van der Waals surface area contributed by atoms with Gasteiger partial charge in [-0.15, -0.1) is 0 Å². The summed E-state index contributed by atoms with van der Waals surface area (Å²) in [7, 11) is 2.88. The number of nitrogens with one attached hydrogen (secondary N) is 1. The molecule has 2 aromatic carbocycles. The smallest absolute Gasteiger partial charge is 0.337 e. The lowest BCUT2D eigenvalue weighted by atomic mass is 10.1. The van der Waals surface area contributed by atoms with Gasteiger partial charge in [0.15, 0.2) is 0 Å². The Kier molecular flexibility index (Phi) is 6.88. The van der Waals surface area contributed by atoms with Crippen LogP contribution in [0.1, 0.15) is 21.5 Å². The normalized spacial score (nSPS) is 10.5. The number of methoxy groups -OCH3 is 1. The van der Waals surface area contributed by atoms with E-state index in [0.717, 1.165) is 11.1 Å². The van der Waals surface area contributed by atoms with Gasteiger partial charge in [-0.2, -0.15) is 0 Å². The molecule has 0 aliphatic carbocycles. The zero-order valence-electron chi connectivity index (χ0n) is 15.6. The van der Waals surface area contributed by atoms with Gasteiger partial charge in [0.25, 0.3) is 0 Å². The molecule has 0 aliphatic rings. The summed E-state index contributed by atoms with van der Waals surface area (Å²) < 4.78 is 4.64. The summed E-state index contributed by atoms with van der Waals surface area (Å²) in [4.78, 5) is 36.9. The van der Waals surface area contributed by atoms with E-state index in [2.05, 4.69) is 10.1 Å². The van der Waals surface area contributed by atoms with Crippen LogP contribution in [0.3, 0.4) is 0 Å². The molecule has 0 saturated carbocycles. The van der Waals surface area contributed by atoms with Crippen molar-refractivity contribution < 1.29 is 19.1 Å². The molecule has 0 aliphatic heterocycles. The Morgan fingerprint density at radius 1 is 1.04 bits per heavy atom. The number of esters is 1. The van der Waals surface area contributed by atoms with Gasteiger partial charge in [0.05, 0.1) is 19.2 Å². The van der Waals surface area contributed by atoms with Crippen molar-refractivity contribution in [2.75, 3.05) is 26.0 Å². The Bertz CT molecular complexity index is 839. The lowest BCUT2D eigenvalue weighted by molar-refractivity contribution is -0.129. The molecule has 1 N–H and O–H groups in total. The zero-order valence-corrected chi connectivity index (χ0v) is 15.6.